The summed E-state index contributed by atoms with van der Waals surface area (Å²) >= 11 is 1.79. The first kappa shape index (κ1) is 13.6. The van der Waals surface area contributed by atoms with Crippen LogP contribution in [0.25, 0.3) is 0 Å². The van der Waals surface area contributed by atoms with Gasteiger partial charge in [0.1, 0.15) is 0 Å². The third kappa shape index (κ3) is 3.33. The van der Waals surface area contributed by atoms with E-state index in [0.717, 1.165) is 0 Å². The molecule has 0 spiro atoms. The van der Waals surface area contributed by atoms with E-state index in [1.54, 1.807) is 30.3 Å². The number of nitrogens with zero attached hydrogens (tertiary/aromatic N) is 1. The van der Waals surface area contributed by atoms with Gasteiger partial charge in [0.2, 0.25) is 5.91 Å². The van der Waals surface area contributed by atoms with Crippen molar-refractivity contribution in [3.05, 3.63) is 22.4 Å². The van der Waals surface area contributed by atoms with Crippen molar-refractivity contribution >= 4 is 17.2 Å². The van der Waals surface area contributed by atoms with Crippen LogP contribution >= 0.6 is 11.3 Å². The van der Waals surface area contributed by atoms with E-state index in [1.807, 2.05) is 0 Å². The summed E-state index contributed by atoms with van der Waals surface area (Å²) < 4.78 is 0. The minimum absolute atomic E-state index is 0.148. The fraction of sp³-hybridized carbons (Fsp3) is 0.643. The van der Waals surface area contributed by atoms with Gasteiger partial charge < -0.3 is 10.2 Å². The van der Waals surface area contributed by atoms with E-state index >= 15 is 0 Å². The van der Waals surface area contributed by atoms with Crippen molar-refractivity contribution in [1.29, 1.82) is 0 Å². The second kappa shape index (κ2) is 6.34. The highest BCUT2D eigenvalue weighted by Crippen LogP contribution is 2.37. The van der Waals surface area contributed by atoms with Crippen LogP contribution in [0, 0.1) is 5.92 Å². The Morgan fingerprint density at radius 3 is 2.78 bits per heavy atom. The number of likely N-dealkylation sites (N-methyl/N-ethyl adjacent to an activating group) is 1. The van der Waals surface area contributed by atoms with E-state index in [4.69, 9.17) is 0 Å². The van der Waals surface area contributed by atoms with Crippen LogP contribution in [-0.2, 0) is 4.79 Å². The third-order valence-corrected chi connectivity index (χ3v) is 4.65. The number of thiophene rings is 1. The number of hydrogen-bond donors (Lipinski definition) is 1. The van der Waals surface area contributed by atoms with Gasteiger partial charge in [0, 0.05) is 25.0 Å². The average Bonchev–Trinajstić information content (AvgIpc) is 3.01. The Balaban J connectivity index is 1.99. The molecule has 1 heterocycles. The minimum atomic E-state index is 0.148. The molecule has 1 aliphatic rings. The topological polar surface area (TPSA) is 32.3 Å². The summed E-state index contributed by atoms with van der Waals surface area (Å²) in [5, 5.41) is 5.58. The maximum absolute atomic E-state index is 11.7. The van der Waals surface area contributed by atoms with Gasteiger partial charge in [0.15, 0.2) is 0 Å². The van der Waals surface area contributed by atoms with Crippen LogP contribution in [0.2, 0.25) is 0 Å². The lowest BCUT2D eigenvalue weighted by Gasteiger charge is -2.24. The van der Waals surface area contributed by atoms with E-state index in [1.165, 1.54) is 30.6 Å². The first-order chi connectivity index (χ1) is 8.68. The van der Waals surface area contributed by atoms with Crippen molar-refractivity contribution in [3.8, 4) is 0 Å². The molecule has 0 aliphatic heterocycles. The van der Waals surface area contributed by atoms with Crippen LogP contribution in [0.3, 0.4) is 0 Å². The molecule has 4 heteroatoms. The number of carbonyl (C=O) groups is 1. The fourth-order valence-corrected chi connectivity index (χ4v) is 3.51. The summed E-state index contributed by atoms with van der Waals surface area (Å²) in [4.78, 5) is 14.7. The highest BCUT2D eigenvalue weighted by atomic mass is 32.1. The van der Waals surface area contributed by atoms with Crippen molar-refractivity contribution in [2.24, 2.45) is 5.92 Å². The molecule has 1 atom stereocenters. The van der Waals surface area contributed by atoms with Gasteiger partial charge in [-0.3, -0.25) is 4.79 Å². The molecule has 1 unspecified atom stereocenters. The van der Waals surface area contributed by atoms with Gasteiger partial charge in [0.05, 0.1) is 6.54 Å². The monoisotopic (exact) mass is 266 g/mol. The van der Waals surface area contributed by atoms with E-state index in [-0.39, 0.29) is 5.91 Å². The third-order valence-electron chi connectivity index (χ3n) is 3.69. The molecule has 0 radical (unpaired) electrons. The van der Waals surface area contributed by atoms with Gasteiger partial charge in [0.25, 0.3) is 0 Å². The summed E-state index contributed by atoms with van der Waals surface area (Å²) in [5.74, 6) is 0.841. The van der Waals surface area contributed by atoms with Gasteiger partial charge in [-0.25, -0.2) is 0 Å². The number of nitrogens with one attached hydrogen (secondary N) is 1. The van der Waals surface area contributed by atoms with Crippen LogP contribution < -0.4 is 5.32 Å². The summed E-state index contributed by atoms with van der Waals surface area (Å²) in [6.45, 7) is 0.437. The van der Waals surface area contributed by atoms with Gasteiger partial charge in [-0.15, -0.1) is 11.3 Å². The molecular weight excluding hydrogens is 244 g/mol. The Morgan fingerprint density at radius 1 is 1.50 bits per heavy atom. The van der Waals surface area contributed by atoms with E-state index in [9.17, 15) is 4.79 Å². The molecule has 1 N–H and O–H groups in total. The SMILES string of the molecule is CN(C)C(=O)CNC(c1cccs1)C1CCCC1. The van der Waals surface area contributed by atoms with Crippen LogP contribution in [-0.4, -0.2) is 31.4 Å². The molecule has 100 valence electrons. The minimum Gasteiger partial charge on any atom is -0.348 e. The second-order valence-corrected chi connectivity index (χ2v) is 6.19. The molecule has 0 aromatic carbocycles. The van der Waals surface area contributed by atoms with E-state index in [0.29, 0.717) is 18.5 Å². The molecule has 1 amide bonds. The Kier molecular flexibility index (Phi) is 4.78. The highest BCUT2D eigenvalue weighted by molar-refractivity contribution is 7.10. The number of carbonyl (C=O) groups excluding carboxylic acids is 1. The van der Waals surface area contributed by atoms with Crippen LogP contribution in [0.5, 0.6) is 0 Å². The summed E-state index contributed by atoms with van der Waals surface area (Å²) in [6, 6.07) is 4.63. The molecular formula is C14H22N2OS. The lowest BCUT2D eigenvalue weighted by Crippen LogP contribution is -2.36. The van der Waals surface area contributed by atoms with Crippen LogP contribution in [0.15, 0.2) is 17.5 Å². The molecule has 1 aromatic heterocycles. The summed E-state index contributed by atoms with van der Waals surface area (Å²) in [5.41, 5.74) is 0. The molecule has 0 saturated heterocycles. The predicted octanol–water partition coefficient (Wildman–Crippen LogP) is 2.66. The predicted molar refractivity (Wildman–Crippen MR) is 75.7 cm³/mol. The second-order valence-electron chi connectivity index (χ2n) is 5.21. The number of amides is 1. The standard InChI is InChI=1S/C14H22N2OS/c1-16(2)13(17)10-15-14(11-6-3-4-7-11)12-8-5-9-18-12/h5,8-9,11,14-15H,3-4,6-7,10H2,1-2H3. The number of hydrogen-bond acceptors (Lipinski definition) is 3. The average molecular weight is 266 g/mol. The largest absolute Gasteiger partial charge is 0.348 e. The molecule has 18 heavy (non-hydrogen) atoms. The van der Waals surface area contributed by atoms with E-state index in [2.05, 4.69) is 22.8 Å². The van der Waals surface area contributed by atoms with Crippen LogP contribution in [0.1, 0.15) is 36.6 Å². The van der Waals surface area contributed by atoms with Crippen LogP contribution in [0.4, 0.5) is 0 Å². The molecule has 1 fully saturated rings. The molecule has 2 rings (SSSR count). The normalized spacial score (nSPS) is 17.9. The van der Waals surface area contributed by atoms with Gasteiger partial charge in [-0.2, -0.15) is 0 Å². The Labute approximate surface area is 113 Å². The smallest absolute Gasteiger partial charge is 0.236 e. The maximum Gasteiger partial charge on any atom is 0.236 e. The van der Waals surface area contributed by atoms with Crippen molar-refractivity contribution in [2.75, 3.05) is 20.6 Å². The molecule has 1 aromatic rings. The zero-order valence-electron chi connectivity index (χ0n) is 11.2. The zero-order chi connectivity index (χ0) is 13.0. The first-order valence-corrected chi connectivity index (χ1v) is 7.53. The summed E-state index contributed by atoms with van der Waals surface area (Å²) in [7, 11) is 3.61. The van der Waals surface area contributed by atoms with Gasteiger partial charge >= 0.3 is 0 Å². The van der Waals surface area contributed by atoms with E-state index < -0.39 is 0 Å². The Hall–Kier alpha value is -0.870. The van der Waals surface area contributed by atoms with Crippen molar-refractivity contribution in [3.63, 3.8) is 0 Å². The maximum atomic E-state index is 11.7. The molecule has 1 saturated carbocycles. The van der Waals surface area contributed by atoms with Gasteiger partial charge in [-0.1, -0.05) is 18.9 Å². The fourth-order valence-electron chi connectivity index (χ4n) is 2.61. The molecule has 0 bridgehead atoms. The quantitative estimate of drug-likeness (QED) is 0.888. The van der Waals surface area contributed by atoms with Crippen molar-refractivity contribution in [2.45, 2.75) is 31.7 Å². The van der Waals surface area contributed by atoms with Crippen molar-refractivity contribution < 1.29 is 4.79 Å². The molecule has 3 nitrogen and oxygen atoms in total. The summed E-state index contributed by atoms with van der Waals surface area (Å²) in [6.07, 6.45) is 5.23. The zero-order valence-corrected chi connectivity index (χ0v) is 12.0. The van der Waals surface area contributed by atoms with Gasteiger partial charge in [-0.05, 0) is 30.2 Å². The highest BCUT2D eigenvalue weighted by Gasteiger charge is 2.27. The Morgan fingerprint density at radius 2 is 2.22 bits per heavy atom. The lowest BCUT2D eigenvalue weighted by molar-refractivity contribution is -0.127. The Bertz CT molecular complexity index is 369. The van der Waals surface area contributed by atoms with Crippen molar-refractivity contribution in [1.82, 2.24) is 10.2 Å². The number of rotatable bonds is 5. The first-order valence-electron chi connectivity index (χ1n) is 6.65. The molecule has 1 aliphatic carbocycles. The lowest BCUT2D eigenvalue weighted by atomic mass is 9.96.